The smallest absolute Gasteiger partial charge is 0.325 e. The van der Waals surface area contributed by atoms with Crippen molar-refractivity contribution in [3.8, 4) is 0 Å². The number of nitrogens with zero attached hydrogens (tertiary/aromatic N) is 2. The topological polar surface area (TPSA) is 116 Å². The third-order valence-corrected chi connectivity index (χ3v) is 8.66. The van der Waals surface area contributed by atoms with Crippen molar-refractivity contribution < 1.29 is 22.8 Å². The van der Waals surface area contributed by atoms with Gasteiger partial charge in [-0.15, -0.1) is 0 Å². The first-order valence-corrected chi connectivity index (χ1v) is 13.2. The SMILES string of the molecule is C[C@]1(c2cccc3ccccc23)NC(=O)N(CC(=O)Nc2ccc(S(=O)(=O)N3CCCC3)cc2)C1=O. The van der Waals surface area contributed by atoms with Crippen LogP contribution < -0.4 is 10.6 Å². The van der Waals surface area contributed by atoms with E-state index in [-0.39, 0.29) is 4.90 Å². The molecule has 2 aliphatic rings. The molecule has 0 bridgehead atoms. The van der Waals surface area contributed by atoms with Crippen LogP contribution in [-0.2, 0) is 25.2 Å². The summed E-state index contributed by atoms with van der Waals surface area (Å²) in [6.45, 7) is 2.17. The Bertz CT molecular complexity index is 1460. The average Bonchev–Trinajstić information content (AvgIpc) is 3.49. The van der Waals surface area contributed by atoms with Gasteiger partial charge in [-0.2, -0.15) is 4.31 Å². The van der Waals surface area contributed by atoms with E-state index in [4.69, 9.17) is 0 Å². The normalized spacial score (nSPS) is 20.6. The lowest BCUT2D eigenvalue weighted by Gasteiger charge is -2.24. The molecular formula is C26H26N4O5S. The fourth-order valence-electron chi connectivity index (χ4n) is 4.82. The van der Waals surface area contributed by atoms with E-state index in [1.807, 2.05) is 36.4 Å². The van der Waals surface area contributed by atoms with Gasteiger partial charge < -0.3 is 10.6 Å². The zero-order valence-corrected chi connectivity index (χ0v) is 20.5. The molecule has 10 heteroatoms. The summed E-state index contributed by atoms with van der Waals surface area (Å²) in [4.78, 5) is 39.8. The number of nitrogens with one attached hydrogen (secondary N) is 2. The summed E-state index contributed by atoms with van der Waals surface area (Å²) >= 11 is 0. The zero-order chi connectivity index (χ0) is 25.5. The molecule has 9 nitrogen and oxygen atoms in total. The van der Waals surface area contributed by atoms with Crippen molar-refractivity contribution in [3.05, 3.63) is 72.3 Å². The van der Waals surface area contributed by atoms with Gasteiger partial charge in [0, 0.05) is 18.8 Å². The molecule has 0 unspecified atom stereocenters. The maximum Gasteiger partial charge on any atom is 0.325 e. The number of anilines is 1. The number of hydrogen-bond acceptors (Lipinski definition) is 5. The third kappa shape index (κ3) is 4.12. The van der Waals surface area contributed by atoms with E-state index in [0.717, 1.165) is 28.5 Å². The molecule has 3 aromatic carbocycles. The molecule has 2 fully saturated rings. The summed E-state index contributed by atoms with van der Waals surface area (Å²) in [5.41, 5.74) is -0.301. The minimum absolute atomic E-state index is 0.155. The van der Waals surface area contributed by atoms with Crippen molar-refractivity contribution in [2.24, 2.45) is 0 Å². The summed E-state index contributed by atoms with van der Waals surface area (Å²) in [5, 5.41) is 7.15. The van der Waals surface area contributed by atoms with Crippen molar-refractivity contribution >= 4 is 44.3 Å². The van der Waals surface area contributed by atoms with E-state index in [0.29, 0.717) is 24.3 Å². The fourth-order valence-corrected chi connectivity index (χ4v) is 6.33. The lowest BCUT2D eigenvalue weighted by Crippen LogP contribution is -2.42. The van der Waals surface area contributed by atoms with Gasteiger partial charge in [-0.1, -0.05) is 42.5 Å². The van der Waals surface area contributed by atoms with Crippen LogP contribution in [0.3, 0.4) is 0 Å². The number of amides is 4. The van der Waals surface area contributed by atoms with Crippen LogP contribution in [0.2, 0.25) is 0 Å². The molecule has 0 aliphatic carbocycles. The van der Waals surface area contributed by atoms with Gasteiger partial charge in [0.15, 0.2) is 0 Å². The molecule has 1 atom stereocenters. The Labute approximate surface area is 209 Å². The second-order valence-corrected chi connectivity index (χ2v) is 11.1. The van der Waals surface area contributed by atoms with E-state index in [1.54, 1.807) is 13.0 Å². The highest BCUT2D eigenvalue weighted by atomic mass is 32.2. The molecule has 0 radical (unpaired) electrons. The van der Waals surface area contributed by atoms with Crippen molar-refractivity contribution in [1.29, 1.82) is 0 Å². The average molecular weight is 507 g/mol. The molecule has 2 heterocycles. The maximum atomic E-state index is 13.3. The minimum Gasteiger partial charge on any atom is -0.325 e. The highest BCUT2D eigenvalue weighted by Crippen LogP contribution is 2.33. The standard InChI is InChI=1S/C26H26N4O5S/c1-26(22-10-6-8-18-7-2-3-9-21(18)22)24(32)30(25(33)28-26)17-23(31)27-19-11-13-20(14-12-19)36(34,35)29-15-4-5-16-29/h2-3,6-14H,4-5,15-17H2,1H3,(H,27,31)(H,28,33)/t26-/m1/s1. The van der Waals surface area contributed by atoms with Gasteiger partial charge in [0.05, 0.1) is 4.90 Å². The van der Waals surface area contributed by atoms with Gasteiger partial charge in [0.2, 0.25) is 15.9 Å². The van der Waals surface area contributed by atoms with Crippen LogP contribution in [0.4, 0.5) is 10.5 Å². The first kappa shape index (κ1) is 24.0. The van der Waals surface area contributed by atoms with Crippen molar-refractivity contribution in [2.45, 2.75) is 30.2 Å². The molecule has 2 N–H and O–H groups in total. The molecule has 5 rings (SSSR count). The third-order valence-electron chi connectivity index (χ3n) is 6.75. The van der Waals surface area contributed by atoms with Crippen molar-refractivity contribution in [3.63, 3.8) is 0 Å². The number of urea groups is 1. The monoisotopic (exact) mass is 506 g/mol. The van der Waals surface area contributed by atoms with Crippen LogP contribution in [-0.4, -0.2) is 55.1 Å². The van der Waals surface area contributed by atoms with E-state index >= 15 is 0 Å². The van der Waals surface area contributed by atoms with Gasteiger partial charge in [-0.25, -0.2) is 13.2 Å². The first-order valence-electron chi connectivity index (χ1n) is 11.7. The van der Waals surface area contributed by atoms with Crippen molar-refractivity contribution in [2.75, 3.05) is 25.0 Å². The van der Waals surface area contributed by atoms with Crippen LogP contribution in [0.5, 0.6) is 0 Å². The number of benzene rings is 3. The summed E-state index contributed by atoms with van der Waals surface area (Å²) < 4.78 is 26.8. The van der Waals surface area contributed by atoms with Crippen LogP contribution in [0, 0.1) is 0 Å². The molecule has 2 saturated heterocycles. The second kappa shape index (κ2) is 9.03. The Morgan fingerprint density at radius 1 is 0.972 bits per heavy atom. The Morgan fingerprint density at radius 3 is 2.36 bits per heavy atom. The Kier molecular flexibility index (Phi) is 6.01. The molecular weight excluding hydrogens is 480 g/mol. The summed E-state index contributed by atoms with van der Waals surface area (Å²) in [6, 6.07) is 18.3. The number of imide groups is 1. The fraction of sp³-hybridized carbons (Fsp3) is 0.269. The van der Waals surface area contributed by atoms with Crippen molar-refractivity contribution in [1.82, 2.24) is 14.5 Å². The Hall–Kier alpha value is -3.76. The van der Waals surface area contributed by atoms with Gasteiger partial charge in [-0.05, 0) is 60.4 Å². The number of sulfonamides is 1. The highest BCUT2D eigenvalue weighted by Gasteiger charge is 2.50. The summed E-state index contributed by atoms with van der Waals surface area (Å²) in [5.74, 6) is -1.10. The maximum absolute atomic E-state index is 13.3. The predicted octanol–water partition coefficient (Wildman–Crippen LogP) is 3.03. The molecule has 4 amide bonds. The van der Waals surface area contributed by atoms with Gasteiger partial charge in [0.25, 0.3) is 5.91 Å². The Balaban J connectivity index is 1.29. The van der Waals surface area contributed by atoms with Crippen LogP contribution in [0.15, 0.2) is 71.6 Å². The molecule has 3 aromatic rings. The van der Waals surface area contributed by atoms with E-state index in [2.05, 4.69) is 10.6 Å². The lowest BCUT2D eigenvalue weighted by atomic mass is 9.88. The quantitative estimate of drug-likeness (QED) is 0.499. The van der Waals surface area contributed by atoms with E-state index in [1.165, 1.54) is 28.6 Å². The van der Waals surface area contributed by atoms with Gasteiger partial charge >= 0.3 is 6.03 Å². The van der Waals surface area contributed by atoms with E-state index in [9.17, 15) is 22.8 Å². The molecule has 0 spiro atoms. The van der Waals surface area contributed by atoms with E-state index < -0.39 is 40.0 Å². The minimum atomic E-state index is -3.56. The van der Waals surface area contributed by atoms with Gasteiger partial charge in [-0.3, -0.25) is 14.5 Å². The summed E-state index contributed by atoms with van der Waals surface area (Å²) in [7, 11) is -3.56. The lowest BCUT2D eigenvalue weighted by molar-refractivity contribution is -0.133. The predicted molar refractivity (Wildman–Crippen MR) is 135 cm³/mol. The zero-order valence-electron chi connectivity index (χ0n) is 19.7. The molecule has 2 aliphatic heterocycles. The molecule has 36 heavy (non-hydrogen) atoms. The highest BCUT2D eigenvalue weighted by molar-refractivity contribution is 7.89. The number of carbonyl (C=O) groups excluding carboxylic acids is 3. The van der Waals surface area contributed by atoms with Crippen LogP contribution in [0.25, 0.3) is 10.8 Å². The first-order chi connectivity index (χ1) is 17.2. The number of fused-ring (bicyclic) bond motifs is 1. The molecule has 186 valence electrons. The molecule has 0 saturated carbocycles. The Morgan fingerprint density at radius 2 is 1.64 bits per heavy atom. The number of rotatable bonds is 6. The second-order valence-electron chi connectivity index (χ2n) is 9.16. The summed E-state index contributed by atoms with van der Waals surface area (Å²) in [6.07, 6.45) is 1.69. The van der Waals surface area contributed by atoms with Gasteiger partial charge in [0.1, 0.15) is 12.1 Å². The molecule has 0 aromatic heterocycles. The largest absolute Gasteiger partial charge is 0.325 e. The van der Waals surface area contributed by atoms with Crippen LogP contribution >= 0.6 is 0 Å². The number of carbonyl (C=O) groups is 3. The number of hydrogen-bond donors (Lipinski definition) is 2. The van der Waals surface area contributed by atoms with Crippen LogP contribution in [0.1, 0.15) is 25.3 Å².